The Morgan fingerprint density at radius 3 is 2.50 bits per heavy atom. The molecule has 0 aliphatic heterocycles. The summed E-state index contributed by atoms with van der Waals surface area (Å²) in [6, 6.07) is 4.92. The van der Waals surface area contributed by atoms with Gasteiger partial charge in [-0.2, -0.15) is 13.2 Å². The molecular weight excluding hydrogens is 267 g/mol. The summed E-state index contributed by atoms with van der Waals surface area (Å²) in [5, 5.41) is 3.02. The van der Waals surface area contributed by atoms with Crippen LogP contribution in [0.3, 0.4) is 0 Å². The third-order valence-electron chi connectivity index (χ3n) is 2.94. The van der Waals surface area contributed by atoms with Gasteiger partial charge in [0.2, 0.25) is 5.95 Å². The quantitative estimate of drug-likeness (QED) is 0.878. The standard InChI is InChI=1S/C14H16F3N3/c1-2-3-9-20-10-8-18-13(20)19-12-6-4-11(5-7-12)14(15,16)17/h4-8,10H,2-3,9H2,1H3,(H,18,19). The molecule has 0 unspecified atom stereocenters. The van der Waals surface area contributed by atoms with E-state index in [2.05, 4.69) is 17.2 Å². The summed E-state index contributed by atoms with van der Waals surface area (Å²) in [5.41, 5.74) is -0.0701. The number of nitrogens with one attached hydrogen (secondary N) is 1. The molecule has 0 saturated carbocycles. The molecule has 0 radical (unpaired) electrons. The number of benzene rings is 1. The monoisotopic (exact) mass is 283 g/mol. The fourth-order valence-corrected chi connectivity index (χ4v) is 1.81. The Morgan fingerprint density at radius 1 is 1.20 bits per heavy atom. The van der Waals surface area contributed by atoms with Crippen LogP contribution in [0.1, 0.15) is 25.3 Å². The van der Waals surface area contributed by atoms with Crippen molar-refractivity contribution in [3.05, 3.63) is 42.2 Å². The average molecular weight is 283 g/mol. The second-order valence-electron chi connectivity index (χ2n) is 4.50. The predicted octanol–water partition coefficient (Wildman–Crippen LogP) is 4.45. The molecule has 0 atom stereocenters. The molecule has 0 saturated heterocycles. The van der Waals surface area contributed by atoms with Gasteiger partial charge in [0.05, 0.1) is 5.56 Å². The van der Waals surface area contributed by atoms with Gasteiger partial charge in [-0.05, 0) is 30.7 Å². The lowest BCUT2D eigenvalue weighted by molar-refractivity contribution is -0.137. The first kappa shape index (κ1) is 14.4. The summed E-state index contributed by atoms with van der Waals surface area (Å²) in [6.07, 6.45) is 1.30. The van der Waals surface area contributed by atoms with E-state index in [9.17, 15) is 13.2 Å². The van der Waals surface area contributed by atoms with Crippen LogP contribution < -0.4 is 5.32 Å². The molecule has 3 nitrogen and oxygen atoms in total. The maximum atomic E-state index is 12.5. The van der Waals surface area contributed by atoms with Gasteiger partial charge in [0, 0.05) is 24.6 Å². The topological polar surface area (TPSA) is 29.9 Å². The van der Waals surface area contributed by atoms with Gasteiger partial charge in [-0.3, -0.25) is 0 Å². The number of aryl methyl sites for hydroxylation is 1. The van der Waals surface area contributed by atoms with Gasteiger partial charge in [0.25, 0.3) is 0 Å². The maximum Gasteiger partial charge on any atom is 0.416 e. The highest BCUT2D eigenvalue weighted by atomic mass is 19.4. The van der Waals surface area contributed by atoms with Crippen LogP contribution in [0.5, 0.6) is 0 Å². The minimum Gasteiger partial charge on any atom is -0.326 e. The summed E-state index contributed by atoms with van der Waals surface area (Å²) in [6.45, 7) is 2.93. The van der Waals surface area contributed by atoms with Crippen molar-refractivity contribution in [2.45, 2.75) is 32.5 Å². The van der Waals surface area contributed by atoms with E-state index in [-0.39, 0.29) is 0 Å². The highest BCUT2D eigenvalue weighted by Gasteiger charge is 2.29. The van der Waals surface area contributed by atoms with E-state index in [0.717, 1.165) is 31.5 Å². The Morgan fingerprint density at radius 2 is 1.90 bits per heavy atom. The van der Waals surface area contributed by atoms with Gasteiger partial charge >= 0.3 is 6.18 Å². The predicted molar refractivity (Wildman–Crippen MR) is 71.9 cm³/mol. The third kappa shape index (κ3) is 3.53. The third-order valence-corrected chi connectivity index (χ3v) is 2.94. The molecule has 1 aromatic heterocycles. The Balaban J connectivity index is 2.09. The fourth-order valence-electron chi connectivity index (χ4n) is 1.81. The molecule has 0 amide bonds. The molecule has 1 N–H and O–H groups in total. The Labute approximate surface area is 115 Å². The number of halogens is 3. The van der Waals surface area contributed by atoms with Crippen molar-refractivity contribution in [3.63, 3.8) is 0 Å². The second kappa shape index (κ2) is 5.98. The van der Waals surface area contributed by atoms with Crippen molar-refractivity contribution in [1.29, 1.82) is 0 Å². The number of anilines is 2. The van der Waals surface area contributed by atoms with Crippen LogP contribution in [0.25, 0.3) is 0 Å². The van der Waals surface area contributed by atoms with Gasteiger partial charge in [0.1, 0.15) is 0 Å². The number of hydrogen-bond acceptors (Lipinski definition) is 2. The van der Waals surface area contributed by atoms with Crippen molar-refractivity contribution in [1.82, 2.24) is 9.55 Å². The fraction of sp³-hybridized carbons (Fsp3) is 0.357. The van der Waals surface area contributed by atoms with Crippen molar-refractivity contribution in [3.8, 4) is 0 Å². The molecule has 1 heterocycles. The van der Waals surface area contributed by atoms with Crippen LogP contribution in [-0.2, 0) is 12.7 Å². The van der Waals surface area contributed by atoms with Gasteiger partial charge in [-0.1, -0.05) is 13.3 Å². The minimum atomic E-state index is -4.31. The Bertz CT molecular complexity index is 544. The zero-order valence-corrected chi connectivity index (χ0v) is 11.1. The van der Waals surface area contributed by atoms with Crippen LogP contribution in [-0.4, -0.2) is 9.55 Å². The molecule has 6 heteroatoms. The van der Waals surface area contributed by atoms with E-state index in [1.165, 1.54) is 12.1 Å². The zero-order chi connectivity index (χ0) is 14.6. The molecule has 2 aromatic rings. The smallest absolute Gasteiger partial charge is 0.326 e. The van der Waals surface area contributed by atoms with Crippen molar-refractivity contribution >= 4 is 11.6 Å². The first-order chi connectivity index (χ1) is 9.50. The van der Waals surface area contributed by atoms with E-state index >= 15 is 0 Å². The summed E-state index contributed by atoms with van der Waals surface area (Å²) in [7, 11) is 0. The van der Waals surface area contributed by atoms with E-state index in [0.29, 0.717) is 11.6 Å². The van der Waals surface area contributed by atoms with Crippen LogP contribution in [0.15, 0.2) is 36.7 Å². The number of hydrogen-bond donors (Lipinski definition) is 1. The molecule has 1 aromatic carbocycles. The van der Waals surface area contributed by atoms with Crippen molar-refractivity contribution < 1.29 is 13.2 Å². The molecular formula is C14H16F3N3. The van der Waals surface area contributed by atoms with Gasteiger partial charge in [-0.15, -0.1) is 0 Å². The lowest BCUT2D eigenvalue weighted by Crippen LogP contribution is -2.06. The zero-order valence-electron chi connectivity index (χ0n) is 11.1. The first-order valence-electron chi connectivity index (χ1n) is 6.46. The number of nitrogens with zero attached hydrogens (tertiary/aromatic N) is 2. The van der Waals surface area contributed by atoms with E-state index in [4.69, 9.17) is 0 Å². The number of rotatable bonds is 5. The minimum absolute atomic E-state index is 0.585. The number of aromatic nitrogens is 2. The van der Waals surface area contributed by atoms with Crippen LogP contribution in [0.2, 0.25) is 0 Å². The first-order valence-corrected chi connectivity index (χ1v) is 6.46. The van der Waals surface area contributed by atoms with Crippen LogP contribution in [0, 0.1) is 0 Å². The summed E-state index contributed by atoms with van der Waals surface area (Å²) in [4.78, 5) is 4.17. The van der Waals surface area contributed by atoms with Crippen molar-refractivity contribution in [2.75, 3.05) is 5.32 Å². The maximum absolute atomic E-state index is 12.5. The highest BCUT2D eigenvalue weighted by molar-refractivity contribution is 5.54. The van der Waals surface area contributed by atoms with E-state index in [1.54, 1.807) is 6.20 Å². The lowest BCUT2D eigenvalue weighted by Gasteiger charge is -2.11. The molecule has 0 aliphatic rings. The molecule has 108 valence electrons. The molecule has 20 heavy (non-hydrogen) atoms. The van der Waals surface area contributed by atoms with Gasteiger partial charge in [-0.25, -0.2) is 4.98 Å². The number of alkyl halides is 3. The molecule has 0 spiro atoms. The van der Waals surface area contributed by atoms with Gasteiger partial charge in [0.15, 0.2) is 0 Å². The lowest BCUT2D eigenvalue weighted by atomic mass is 10.2. The van der Waals surface area contributed by atoms with E-state index < -0.39 is 11.7 Å². The molecule has 0 fully saturated rings. The average Bonchev–Trinajstić information content (AvgIpc) is 2.83. The van der Waals surface area contributed by atoms with Crippen LogP contribution in [0.4, 0.5) is 24.8 Å². The normalized spacial score (nSPS) is 11.6. The number of unbranched alkanes of at least 4 members (excludes halogenated alkanes) is 1. The molecule has 2 rings (SSSR count). The van der Waals surface area contributed by atoms with Crippen molar-refractivity contribution in [2.24, 2.45) is 0 Å². The van der Waals surface area contributed by atoms with Crippen LogP contribution >= 0.6 is 0 Å². The van der Waals surface area contributed by atoms with E-state index in [1.807, 2.05) is 10.8 Å². The summed E-state index contributed by atoms with van der Waals surface area (Å²) in [5.74, 6) is 0.637. The molecule has 0 bridgehead atoms. The molecule has 0 aliphatic carbocycles. The Hall–Kier alpha value is -1.98. The second-order valence-corrected chi connectivity index (χ2v) is 4.50. The summed E-state index contributed by atoms with van der Waals surface area (Å²) < 4.78 is 39.3. The SMILES string of the molecule is CCCCn1ccnc1Nc1ccc(C(F)(F)F)cc1. The van der Waals surface area contributed by atoms with Gasteiger partial charge < -0.3 is 9.88 Å². The summed E-state index contributed by atoms with van der Waals surface area (Å²) >= 11 is 0. The largest absolute Gasteiger partial charge is 0.416 e. The Kier molecular flexibility index (Phi) is 4.32. The number of imidazole rings is 1. The highest BCUT2D eigenvalue weighted by Crippen LogP contribution is 2.30.